The van der Waals surface area contributed by atoms with Crippen LogP contribution in [0.15, 0.2) is 0 Å². The van der Waals surface area contributed by atoms with Crippen molar-refractivity contribution in [1.29, 1.82) is 0 Å². The molecule has 1 saturated heterocycles. The Hall–Kier alpha value is 0.0969. The van der Waals surface area contributed by atoms with Crippen LogP contribution in [0.2, 0.25) is 0 Å². The summed E-state index contributed by atoms with van der Waals surface area (Å²) in [6, 6.07) is 0.819. The lowest BCUT2D eigenvalue weighted by Gasteiger charge is -2.43. The molecule has 2 fully saturated rings. The normalized spacial score (nSPS) is 31.5. The molecule has 3 nitrogen and oxygen atoms in total. The largest absolute Gasteiger partial charge is 0.402 e. The van der Waals surface area contributed by atoms with E-state index in [1.807, 2.05) is 0 Å². The summed E-state index contributed by atoms with van der Waals surface area (Å²) >= 11 is 0. The van der Waals surface area contributed by atoms with Crippen molar-refractivity contribution < 1.29 is 8.85 Å². The van der Waals surface area contributed by atoms with E-state index < -0.39 is 10.0 Å². The standard InChI is InChI=1S/C12H23N.C2H8O2Si/c1-9(2)12-11-6-4-3-5-10(11)7-8-13-12;1-3-5-4-2/h9-13H,3-8H2,1-2H3;5H2,1-2H3. The van der Waals surface area contributed by atoms with Gasteiger partial charge in [-0.1, -0.05) is 33.1 Å². The van der Waals surface area contributed by atoms with Gasteiger partial charge < -0.3 is 14.2 Å². The lowest BCUT2D eigenvalue weighted by atomic mass is 9.69. The summed E-state index contributed by atoms with van der Waals surface area (Å²) in [7, 11) is 2.73. The number of rotatable bonds is 3. The zero-order chi connectivity index (χ0) is 13.4. The highest BCUT2D eigenvalue weighted by atomic mass is 28.3. The van der Waals surface area contributed by atoms with E-state index in [2.05, 4.69) is 28.0 Å². The summed E-state index contributed by atoms with van der Waals surface area (Å²) < 4.78 is 9.22. The highest BCUT2D eigenvalue weighted by Crippen LogP contribution is 2.38. The molecule has 2 rings (SSSR count). The average molecular weight is 273 g/mol. The molecular weight excluding hydrogens is 242 g/mol. The fourth-order valence-electron chi connectivity index (χ4n) is 3.50. The van der Waals surface area contributed by atoms with E-state index in [4.69, 9.17) is 0 Å². The van der Waals surface area contributed by atoms with Crippen LogP contribution in [0.1, 0.15) is 46.0 Å². The van der Waals surface area contributed by atoms with Gasteiger partial charge in [-0.15, -0.1) is 0 Å². The Labute approximate surface area is 115 Å². The molecule has 0 aromatic heterocycles. The van der Waals surface area contributed by atoms with Crippen LogP contribution >= 0.6 is 0 Å². The third-order valence-corrected chi connectivity index (χ3v) is 4.75. The van der Waals surface area contributed by atoms with Gasteiger partial charge in [-0.25, -0.2) is 0 Å². The van der Waals surface area contributed by atoms with E-state index in [9.17, 15) is 0 Å². The summed E-state index contributed by atoms with van der Waals surface area (Å²) in [5.41, 5.74) is 0. The topological polar surface area (TPSA) is 30.5 Å². The maximum Gasteiger partial charge on any atom is 0.303 e. The van der Waals surface area contributed by atoms with Gasteiger partial charge in [0.1, 0.15) is 0 Å². The summed E-state index contributed by atoms with van der Waals surface area (Å²) in [4.78, 5) is 0. The van der Waals surface area contributed by atoms with Gasteiger partial charge in [0.2, 0.25) is 0 Å². The molecule has 0 aromatic rings. The van der Waals surface area contributed by atoms with Crippen LogP contribution < -0.4 is 5.32 Å². The molecule has 18 heavy (non-hydrogen) atoms. The Kier molecular flexibility index (Phi) is 8.14. The van der Waals surface area contributed by atoms with E-state index >= 15 is 0 Å². The second kappa shape index (κ2) is 9.07. The third-order valence-electron chi connectivity index (χ3n) is 4.28. The molecule has 0 amide bonds. The van der Waals surface area contributed by atoms with Crippen LogP contribution in [0.25, 0.3) is 0 Å². The SMILES string of the molecule is CC(C)C1NCCC2CCCCC21.CO[SiH2]OC. The Morgan fingerprint density at radius 2 is 1.72 bits per heavy atom. The molecule has 3 unspecified atom stereocenters. The van der Waals surface area contributed by atoms with Crippen molar-refractivity contribution >= 4 is 10.0 Å². The van der Waals surface area contributed by atoms with E-state index in [0.717, 1.165) is 23.8 Å². The zero-order valence-corrected chi connectivity index (χ0v) is 14.0. The van der Waals surface area contributed by atoms with Gasteiger partial charge in [0.05, 0.1) is 0 Å². The molecule has 0 radical (unpaired) electrons. The Bertz CT molecular complexity index is 210. The predicted octanol–water partition coefficient (Wildman–Crippen LogP) is 2.09. The predicted molar refractivity (Wildman–Crippen MR) is 79.3 cm³/mol. The fourth-order valence-corrected chi connectivity index (χ4v) is 3.74. The first-order chi connectivity index (χ1) is 8.70. The van der Waals surface area contributed by atoms with Crippen molar-refractivity contribution in [3.63, 3.8) is 0 Å². The summed E-state index contributed by atoms with van der Waals surface area (Å²) in [6.07, 6.45) is 7.40. The molecule has 1 saturated carbocycles. The first kappa shape index (κ1) is 16.2. The molecule has 0 spiro atoms. The van der Waals surface area contributed by atoms with Crippen molar-refractivity contribution in [3.8, 4) is 0 Å². The van der Waals surface area contributed by atoms with E-state index in [1.165, 1.54) is 38.6 Å². The quantitative estimate of drug-likeness (QED) is 0.799. The van der Waals surface area contributed by atoms with E-state index in [0.29, 0.717) is 0 Å². The van der Waals surface area contributed by atoms with Crippen LogP contribution in [0.4, 0.5) is 0 Å². The van der Waals surface area contributed by atoms with Crippen LogP contribution in [0, 0.1) is 17.8 Å². The van der Waals surface area contributed by atoms with Gasteiger partial charge >= 0.3 is 10.0 Å². The van der Waals surface area contributed by atoms with Gasteiger partial charge in [-0.05, 0) is 37.1 Å². The highest BCUT2D eigenvalue weighted by molar-refractivity contribution is 6.17. The molecule has 4 heteroatoms. The van der Waals surface area contributed by atoms with Crippen molar-refractivity contribution in [3.05, 3.63) is 0 Å². The summed E-state index contributed by atoms with van der Waals surface area (Å²) in [5, 5.41) is 3.72. The second-order valence-corrected chi connectivity index (χ2v) is 7.31. The van der Waals surface area contributed by atoms with Crippen molar-refractivity contribution in [2.45, 2.75) is 52.0 Å². The Morgan fingerprint density at radius 1 is 1.06 bits per heavy atom. The molecule has 2 aliphatic rings. The van der Waals surface area contributed by atoms with Crippen LogP contribution in [-0.2, 0) is 8.85 Å². The van der Waals surface area contributed by atoms with Crippen LogP contribution in [0.3, 0.4) is 0 Å². The first-order valence-corrected chi connectivity index (χ1v) is 8.57. The smallest absolute Gasteiger partial charge is 0.303 e. The van der Waals surface area contributed by atoms with Crippen molar-refractivity contribution in [2.75, 3.05) is 20.8 Å². The number of hydrogen-bond donors (Lipinski definition) is 1. The van der Waals surface area contributed by atoms with Crippen LogP contribution in [-0.4, -0.2) is 36.8 Å². The number of piperidine rings is 1. The molecule has 1 aliphatic carbocycles. The number of nitrogens with one attached hydrogen (secondary N) is 1. The van der Waals surface area contributed by atoms with Crippen molar-refractivity contribution in [1.82, 2.24) is 5.32 Å². The lowest BCUT2D eigenvalue weighted by Crippen LogP contribution is -2.49. The maximum absolute atomic E-state index is 4.61. The molecule has 0 bridgehead atoms. The third kappa shape index (κ3) is 5.00. The molecule has 3 atom stereocenters. The zero-order valence-electron chi connectivity index (χ0n) is 12.6. The van der Waals surface area contributed by atoms with Gasteiger partial charge in [0.15, 0.2) is 0 Å². The van der Waals surface area contributed by atoms with Crippen LogP contribution in [0.5, 0.6) is 0 Å². The van der Waals surface area contributed by atoms with Gasteiger partial charge in [-0.2, -0.15) is 0 Å². The first-order valence-electron chi connectivity index (χ1n) is 7.42. The second-order valence-electron chi connectivity index (χ2n) is 5.92. The monoisotopic (exact) mass is 273 g/mol. The van der Waals surface area contributed by atoms with E-state index in [1.54, 1.807) is 14.2 Å². The molecule has 0 aromatic carbocycles. The number of fused-ring (bicyclic) bond motifs is 1. The minimum Gasteiger partial charge on any atom is -0.402 e. The molecule has 1 aliphatic heterocycles. The van der Waals surface area contributed by atoms with Gasteiger partial charge in [-0.3, -0.25) is 0 Å². The van der Waals surface area contributed by atoms with E-state index in [-0.39, 0.29) is 0 Å². The number of hydrogen-bond acceptors (Lipinski definition) is 3. The van der Waals surface area contributed by atoms with Crippen molar-refractivity contribution in [2.24, 2.45) is 17.8 Å². The molecule has 1 heterocycles. The fraction of sp³-hybridized carbons (Fsp3) is 1.00. The average Bonchev–Trinajstić information content (AvgIpc) is 2.39. The lowest BCUT2D eigenvalue weighted by molar-refractivity contribution is 0.109. The maximum atomic E-state index is 4.61. The summed E-state index contributed by atoms with van der Waals surface area (Å²) in [5.74, 6) is 2.88. The minimum absolute atomic E-state index is 0.568. The van der Waals surface area contributed by atoms with Gasteiger partial charge in [0.25, 0.3) is 0 Å². The molecule has 108 valence electrons. The van der Waals surface area contributed by atoms with Gasteiger partial charge in [0, 0.05) is 20.3 Å². The summed E-state index contributed by atoms with van der Waals surface area (Å²) in [6.45, 7) is 6.01. The molecule has 1 N–H and O–H groups in total. The Morgan fingerprint density at radius 3 is 2.28 bits per heavy atom. The minimum atomic E-state index is -0.568. The Balaban J connectivity index is 0.000000280. The molecular formula is C14H31NO2Si. The highest BCUT2D eigenvalue weighted by Gasteiger charge is 2.35.